The number of carbonyl (C=O) groups excluding carboxylic acids is 2. The van der Waals surface area contributed by atoms with E-state index in [4.69, 9.17) is 4.74 Å². The molecule has 1 N–H and O–H groups in total. The van der Waals surface area contributed by atoms with Gasteiger partial charge in [-0.05, 0) is 55.7 Å². The second-order valence-electron chi connectivity index (χ2n) is 8.93. The van der Waals surface area contributed by atoms with Crippen LogP contribution in [0.4, 0.5) is 18.9 Å². The van der Waals surface area contributed by atoms with Crippen LogP contribution in [0.15, 0.2) is 48.5 Å². The first kappa shape index (κ1) is 30.9. The monoisotopic (exact) mass is 557 g/mol. The first-order valence-corrected chi connectivity index (χ1v) is 13.9. The molecule has 0 aliphatic carbocycles. The summed E-state index contributed by atoms with van der Waals surface area (Å²) in [4.78, 5) is 28.0. The van der Waals surface area contributed by atoms with Crippen LogP contribution < -0.4 is 14.4 Å². The summed E-state index contributed by atoms with van der Waals surface area (Å²) in [7, 11) is -2.66. The normalized spacial score (nSPS) is 13.4. The summed E-state index contributed by atoms with van der Waals surface area (Å²) in [5, 5.41) is 2.85. The first-order chi connectivity index (χ1) is 17.7. The van der Waals surface area contributed by atoms with Crippen LogP contribution in [-0.2, 0) is 32.3 Å². The van der Waals surface area contributed by atoms with E-state index in [0.29, 0.717) is 28.1 Å². The summed E-state index contributed by atoms with van der Waals surface area (Å²) in [5.74, 6) is -0.565. The molecule has 0 saturated heterocycles. The van der Waals surface area contributed by atoms with Gasteiger partial charge in [0, 0.05) is 12.6 Å². The van der Waals surface area contributed by atoms with Gasteiger partial charge in [-0.2, -0.15) is 13.2 Å². The van der Waals surface area contributed by atoms with Gasteiger partial charge in [0.15, 0.2) is 0 Å². The van der Waals surface area contributed by atoms with E-state index in [9.17, 15) is 31.2 Å². The maximum absolute atomic E-state index is 13.6. The zero-order valence-corrected chi connectivity index (χ0v) is 22.9. The van der Waals surface area contributed by atoms with E-state index in [0.717, 1.165) is 18.4 Å². The molecular formula is C26H34F3N3O5S. The molecule has 2 rings (SSSR count). The third-order valence-electron chi connectivity index (χ3n) is 6.04. The summed E-state index contributed by atoms with van der Waals surface area (Å²) in [6, 6.07) is 9.43. The van der Waals surface area contributed by atoms with Crippen LogP contribution in [0.2, 0.25) is 0 Å². The number of rotatable bonds is 12. The molecule has 2 aromatic rings. The summed E-state index contributed by atoms with van der Waals surface area (Å²) < 4.78 is 70.9. The summed E-state index contributed by atoms with van der Waals surface area (Å²) >= 11 is 0. The molecule has 0 fully saturated rings. The van der Waals surface area contributed by atoms with Crippen molar-refractivity contribution in [1.29, 1.82) is 0 Å². The van der Waals surface area contributed by atoms with Gasteiger partial charge < -0.3 is 15.0 Å². The molecule has 0 bridgehead atoms. The first-order valence-electron chi connectivity index (χ1n) is 12.1. The van der Waals surface area contributed by atoms with Crippen molar-refractivity contribution in [3.63, 3.8) is 0 Å². The lowest BCUT2D eigenvalue weighted by Crippen LogP contribution is -2.53. The molecule has 0 aliphatic rings. The van der Waals surface area contributed by atoms with Crippen molar-refractivity contribution >= 4 is 27.5 Å². The summed E-state index contributed by atoms with van der Waals surface area (Å²) in [6.45, 7) is 4.61. The van der Waals surface area contributed by atoms with Crippen molar-refractivity contribution < 1.29 is 35.9 Å². The second-order valence-corrected chi connectivity index (χ2v) is 10.8. The molecule has 8 nitrogen and oxygen atoms in total. The average molecular weight is 558 g/mol. The highest BCUT2D eigenvalue weighted by molar-refractivity contribution is 7.92. The van der Waals surface area contributed by atoms with Gasteiger partial charge in [0.1, 0.15) is 18.3 Å². The lowest BCUT2D eigenvalue weighted by Gasteiger charge is -2.33. The van der Waals surface area contributed by atoms with Crippen LogP contribution >= 0.6 is 0 Å². The Bertz CT molecular complexity index is 1200. The zero-order chi connectivity index (χ0) is 28.7. The predicted molar refractivity (Wildman–Crippen MR) is 139 cm³/mol. The molecule has 38 heavy (non-hydrogen) atoms. The molecule has 2 amide bonds. The topological polar surface area (TPSA) is 96.0 Å². The number of nitrogens with one attached hydrogen (secondary N) is 1. The highest BCUT2D eigenvalue weighted by Gasteiger charge is 2.34. The number of alkyl halides is 3. The third kappa shape index (κ3) is 8.37. The van der Waals surface area contributed by atoms with Gasteiger partial charge >= 0.3 is 6.18 Å². The number of benzene rings is 2. The van der Waals surface area contributed by atoms with E-state index in [2.05, 4.69) is 5.32 Å². The minimum atomic E-state index is -4.70. The Morgan fingerprint density at radius 1 is 1.05 bits per heavy atom. The van der Waals surface area contributed by atoms with Crippen LogP contribution in [-0.4, -0.2) is 57.1 Å². The average Bonchev–Trinajstić information content (AvgIpc) is 2.86. The smallest absolute Gasteiger partial charge is 0.416 e. The Balaban J connectivity index is 2.49. The van der Waals surface area contributed by atoms with Crippen molar-refractivity contribution in [2.75, 3.05) is 24.2 Å². The SMILES string of the molecule is CCC(C)NC(=O)C(CC)N(Cc1ccc(OC)cc1)C(=O)CN(c1cccc(C(F)(F)F)c1)S(C)(=O)=O. The summed E-state index contributed by atoms with van der Waals surface area (Å²) in [6.07, 6.45) is -3.01. The Hall–Kier alpha value is -3.28. The Morgan fingerprint density at radius 3 is 2.18 bits per heavy atom. The predicted octanol–water partition coefficient (Wildman–Crippen LogP) is 4.20. The number of carbonyl (C=O) groups is 2. The number of nitrogens with zero attached hydrogens (tertiary/aromatic N) is 2. The van der Waals surface area contributed by atoms with Gasteiger partial charge in [-0.25, -0.2) is 8.42 Å². The standard InChI is InChI=1S/C26H34F3N3O5S/c1-6-18(3)30-25(34)23(7-2)31(16-19-11-13-22(37-4)14-12-19)24(33)17-32(38(5,35)36)21-10-8-9-20(15-21)26(27,28)29/h8-15,18,23H,6-7,16-17H2,1-5H3,(H,30,34). The van der Waals surface area contributed by atoms with Crippen LogP contribution in [0.3, 0.4) is 0 Å². The van der Waals surface area contributed by atoms with E-state index < -0.39 is 46.2 Å². The van der Waals surface area contributed by atoms with Gasteiger partial charge in [-0.1, -0.05) is 32.0 Å². The number of methoxy groups -OCH3 is 1. The minimum Gasteiger partial charge on any atom is -0.497 e. The lowest BCUT2D eigenvalue weighted by atomic mass is 10.1. The van der Waals surface area contributed by atoms with Gasteiger partial charge in [-0.3, -0.25) is 13.9 Å². The second kappa shape index (κ2) is 13.0. The van der Waals surface area contributed by atoms with Crippen LogP contribution in [0.5, 0.6) is 5.75 Å². The van der Waals surface area contributed by atoms with Crippen LogP contribution in [0.1, 0.15) is 44.7 Å². The van der Waals surface area contributed by atoms with Crippen LogP contribution in [0, 0.1) is 0 Å². The number of anilines is 1. The number of hydrogen-bond acceptors (Lipinski definition) is 5. The molecule has 0 heterocycles. The fourth-order valence-electron chi connectivity index (χ4n) is 3.74. The van der Waals surface area contributed by atoms with Crippen molar-refractivity contribution in [3.05, 3.63) is 59.7 Å². The Kier molecular flexibility index (Phi) is 10.6. The molecule has 0 saturated carbocycles. The third-order valence-corrected chi connectivity index (χ3v) is 7.18. The molecule has 0 aromatic heterocycles. The van der Waals surface area contributed by atoms with Crippen molar-refractivity contribution in [2.45, 2.75) is 58.4 Å². The van der Waals surface area contributed by atoms with Gasteiger partial charge in [0.25, 0.3) is 0 Å². The highest BCUT2D eigenvalue weighted by Crippen LogP contribution is 2.32. The number of sulfonamides is 1. The molecule has 12 heteroatoms. The minimum absolute atomic E-state index is 0.0323. The van der Waals surface area contributed by atoms with E-state index in [1.54, 1.807) is 31.2 Å². The van der Waals surface area contributed by atoms with Gasteiger partial charge in [-0.15, -0.1) is 0 Å². The Labute approximate surface area is 221 Å². The molecule has 210 valence electrons. The fraction of sp³-hybridized carbons (Fsp3) is 0.462. The molecule has 0 spiro atoms. The van der Waals surface area contributed by atoms with Crippen LogP contribution in [0.25, 0.3) is 0 Å². The number of hydrogen-bond donors (Lipinski definition) is 1. The van der Waals surface area contributed by atoms with E-state index in [-0.39, 0.29) is 24.7 Å². The number of halogens is 3. The fourth-order valence-corrected chi connectivity index (χ4v) is 4.58. The molecular weight excluding hydrogens is 523 g/mol. The van der Waals surface area contributed by atoms with E-state index >= 15 is 0 Å². The number of amides is 2. The largest absolute Gasteiger partial charge is 0.497 e. The lowest BCUT2D eigenvalue weighted by molar-refractivity contribution is -0.140. The molecule has 0 aliphatic heterocycles. The molecule has 0 radical (unpaired) electrons. The maximum atomic E-state index is 13.6. The zero-order valence-electron chi connectivity index (χ0n) is 22.1. The summed E-state index contributed by atoms with van der Waals surface area (Å²) in [5.41, 5.74) is -0.707. The highest BCUT2D eigenvalue weighted by atomic mass is 32.2. The van der Waals surface area contributed by atoms with Crippen molar-refractivity contribution in [1.82, 2.24) is 10.2 Å². The maximum Gasteiger partial charge on any atom is 0.416 e. The van der Waals surface area contributed by atoms with Crippen molar-refractivity contribution in [2.24, 2.45) is 0 Å². The van der Waals surface area contributed by atoms with E-state index in [1.807, 2.05) is 13.8 Å². The molecule has 2 unspecified atom stereocenters. The van der Waals surface area contributed by atoms with Gasteiger partial charge in [0.2, 0.25) is 21.8 Å². The number of ether oxygens (including phenoxy) is 1. The van der Waals surface area contributed by atoms with Crippen molar-refractivity contribution in [3.8, 4) is 5.75 Å². The van der Waals surface area contributed by atoms with Gasteiger partial charge in [0.05, 0.1) is 24.6 Å². The van der Waals surface area contributed by atoms with E-state index in [1.165, 1.54) is 18.1 Å². The Morgan fingerprint density at radius 2 is 1.68 bits per heavy atom. The quantitative estimate of drug-likeness (QED) is 0.422. The molecule has 2 atom stereocenters. The molecule has 2 aromatic carbocycles.